The number of nitrogens with one attached hydrogen (secondary N) is 1. The van der Waals surface area contributed by atoms with Gasteiger partial charge in [-0.15, -0.1) is 0 Å². The monoisotopic (exact) mass is 213 g/mol. The van der Waals surface area contributed by atoms with Crippen LogP contribution in [0.2, 0.25) is 0 Å². The fourth-order valence-electron chi connectivity index (χ4n) is 3.22. The fraction of sp³-hybridized carbons (Fsp3) is 1.00. The van der Waals surface area contributed by atoms with Crippen LogP contribution in [0.25, 0.3) is 0 Å². The number of ether oxygens (including phenoxy) is 1. The third kappa shape index (κ3) is 1.81. The second-order valence-corrected chi connectivity index (χ2v) is 5.65. The second kappa shape index (κ2) is 4.04. The van der Waals surface area contributed by atoms with Crippen molar-refractivity contribution < 1.29 is 9.84 Å². The highest BCUT2D eigenvalue weighted by Gasteiger charge is 2.57. The van der Waals surface area contributed by atoms with Gasteiger partial charge in [-0.2, -0.15) is 0 Å². The van der Waals surface area contributed by atoms with E-state index in [1.165, 1.54) is 12.8 Å². The minimum absolute atomic E-state index is 0.192. The van der Waals surface area contributed by atoms with Crippen molar-refractivity contribution in [3.05, 3.63) is 0 Å². The van der Waals surface area contributed by atoms with Gasteiger partial charge in [0.25, 0.3) is 0 Å². The van der Waals surface area contributed by atoms with Crippen molar-refractivity contribution in [1.82, 2.24) is 5.32 Å². The predicted molar refractivity (Wildman–Crippen MR) is 59.7 cm³/mol. The van der Waals surface area contributed by atoms with Crippen LogP contribution in [0, 0.1) is 11.3 Å². The van der Waals surface area contributed by atoms with Crippen molar-refractivity contribution in [2.24, 2.45) is 11.3 Å². The van der Waals surface area contributed by atoms with E-state index in [4.69, 9.17) is 9.84 Å². The first-order valence-electron chi connectivity index (χ1n) is 6.06. The molecule has 0 aromatic carbocycles. The van der Waals surface area contributed by atoms with Crippen molar-refractivity contribution in [3.63, 3.8) is 0 Å². The first kappa shape index (κ1) is 11.4. The van der Waals surface area contributed by atoms with E-state index in [-0.39, 0.29) is 18.1 Å². The van der Waals surface area contributed by atoms with Crippen LogP contribution in [-0.4, -0.2) is 36.5 Å². The van der Waals surface area contributed by atoms with Gasteiger partial charge in [-0.25, -0.2) is 0 Å². The summed E-state index contributed by atoms with van der Waals surface area (Å²) in [7, 11) is 0. The lowest BCUT2D eigenvalue weighted by Gasteiger charge is -2.60. The Hall–Kier alpha value is -0.120. The van der Waals surface area contributed by atoms with E-state index < -0.39 is 0 Å². The third-order valence-electron chi connectivity index (χ3n) is 4.07. The van der Waals surface area contributed by atoms with E-state index in [2.05, 4.69) is 19.2 Å². The van der Waals surface area contributed by atoms with Crippen molar-refractivity contribution in [3.8, 4) is 0 Å². The summed E-state index contributed by atoms with van der Waals surface area (Å²) in [6.07, 6.45) is 2.88. The number of fused-ring (bicyclic) bond motifs is 1. The smallest absolute Gasteiger partial charge is 0.0684 e. The van der Waals surface area contributed by atoms with Crippen molar-refractivity contribution >= 4 is 0 Å². The first-order chi connectivity index (χ1) is 7.07. The molecule has 0 radical (unpaired) electrons. The van der Waals surface area contributed by atoms with E-state index in [9.17, 15) is 0 Å². The lowest BCUT2D eigenvalue weighted by Crippen LogP contribution is -2.70. The van der Waals surface area contributed by atoms with E-state index in [1.807, 2.05) is 6.92 Å². The Kier molecular flexibility index (Phi) is 3.06. The molecule has 0 aromatic rings. The maximum absolute atomic E-state index is 9.08. The molecule has 2 rings (SSSR count). The Morgan fingerprint density at radius 2 is 2.27 bits per heavy atom. The van der Waals surface area contributed by atoms with Gasteiger partial charge in [0, 0.05) is 30.0 Å². The summed E-state index contributed by atoms with van der Waals surface area (Å²) in [4.78, 5) is 0. The first-order valence-corrected chi connectivity index (χ1v) is 6.06. The third-order valence-corrected chi connectivity index (χ3v) is 4.07. The van der Waals surface area contributed by atoms with Gasteiger partial charge in [0.15, 0.2) is 0 Å². The van der Waals surface area contributed by atoms with Gasteiger partial charge in [0.1, 0.15) is 0 Å². The van der Waals surface area contributed by atoms with Crippen LogP contribution in [0.15, 0.2) is 0 Å². The molecule has 2 fully saturated rings. The molecule has 3 nitrogen and oxygen atoms in total. The molecule has 15 heavy (non-hydrogen) atoms. The van der Waals surface area contributed by atoms with Crippen molar-refractivity contribution in [1.29, 1.82) is 0 Å². The van der Waals surface area contributed by atoms with Gasteiger partial charge >= 0.3 is 0 Å². The molecule has 88 valence electrons. The van der Waals surface area contributed by atoms with Crippen LogP contribution in [0.1, 0.15) is 33.6 Å². The quantitative estimate of drug-likeness (QED) is 0.739. The van der Waals surface area contributed by atoms with Crippen molar-refractivity contribution in [2.75, 3.05) is 13.2 Å². The molecule has 0 aromatic heterocycles. The minimum Gasteiger partial charge on any atom is -0.395 e. The van der Waals surface area contributed by atoms with Gasteiger partial charge in [0.05, 0.1) is 12.7 Å². The van der Waals surface area contributed by atoms with Crippen molar-refractivity contribution in [2.45, 2.75) is 51.8 Å². The Labute approximate surface area is 92.2 Å². The molecule has 1 saturated heterocycles. The number of rotatable bonds is 3. The number of hydrogen-bond donors (Lipinski definition) is 2. The van der Waals surface area contributed by atoms with E-state index >= 15 is 0 Å². The van der Waals surface area contributed by atoms with Crippen LogP contribution in [0.4, 0.5) is 0 Å². The Morgan fingerprint density at radius 1 is 1.53 bits per heavy atom. The van der Waals surface area contributed by atoms with Crippen LogP contribution >= 0.6 is 0 Å². The molecule has 4 atom stereocenters. The normalized spacial score (nSPS) is 40.4. The summed E-state index contributed by atoms with van der Waals surface area (Å²) in [6.45, 7) is 7.70. The SMILES string of the molecule is C[C@H](CO)NC1C2CCCOC2C1(C)C. The van der Waals surface area contributed by atoms with Gasteiger partial charge in [-0.3, -0.25) is 0 Å². The van der Waals surface area contributed by atoms with Crippen LogP contribution in [0.3, 0.4) is 0 Å². The molecule has 1 saturated carbocycles. The zero-order valence-corrected chi connectivity index (χ0v) is 9.99. The van der Waals surface area contributed by atoms with E-state index in [1.54, 1.807) is 0 Å². The fourth-order valence-corrected chi connectivity index (χ4v) is 3.22. The number of hydrogen-bond acceptors (Lipinski definition) is 3. The van der Waals surface area contributed by atoms with E-state index in [0.29, 0.717) is 18.1 Å². The van der Waals surface area contributed by atoms with E-state index in [0.717, 1.165) is 6.61 Å². The van der Waals surface area contributed by atoms with Gasteiger partial charge in [0.2, 0.25) is 0 Å². The van der Waals surface area contributed by atoms with Gasteiger partial charge < -0.3 is 15.2 Å². The zero-order chi connectivity index (χ0) is 11.1. The summed E-state index contributed by atoms with van der Waals surface area (Å²) in [6, 6.07) is 0.696. The average molecular weight is 213 g/mol. The molecule has 1 aliphatic carbocycles. The maximum atomic E-state index is 9.08. The second-order valence-electron chi connectivity index (χ2n) is 5.65. The highest BCUT2D eigenvalue weighted by Crippen LogP contribution is 2.51. The molecule has 2 N–H and O–H groups in total. The molecule has 2 aliphatic rings. The molecule has 1 heterocycles. The molecule has 0 amide bonds. The Morgan fingerprint density at radius 3 is 2.93 bits per heavy atom. The van der Waals surface area contributed by atoms with Crippen LogP contribution in [-0.2, 0) is 4.74 Å². The molecular weight excluding hydrogens is 190 g/mol. The lowest BCUT2D eigenvalue weighted by atomic mass is 9.55. The zero-order valence-electron chi connectivity index (χ0n) is 9.99. The summed E-state index contributed by atoms with van der Waals surface area (Å²) in [5.74, 6) is 0.655. The number of aliphatic hydroxyl groups is 1. The standard InChI is InChI=1S/C12H23NO2/c1-8(7-14)13-10-9-5-4-6-15-11(9)12(10,2)3/h8-11,13-14H,4-7H2,1-3H3/t8-,9?,10?,11?/m1/s1. The lowest BCUT2D eigenvalue weighted by molar-refractivity contribution is -0.194. The van der Waals surface area contributed by atoms with Crippen LogP contribution < -0.4 is 5.32 Å². The summed E-state index contributed by atoms with van der Waals surface area (Å²) >= 11 is 0. The van der Waals surface area contributed by atoms with Crippen LogP contribution in [0.5, 0.6) is 0 Å². The van der Waals surface area contributed by atoms with Gasteiger partial charge in [-0.1, -0.05) is 13.8 Å². The number of aliphatic hydroxyl groups excluding tert-OH is 1. The molecular formula is C12H23NO2. The molecule has 3 heteroatoms. The molecule has 0 spiro atoms. The summed E-state index contributed by atoms with van der Waals surface area (Å²) in [5.41, 5.74) is 0.217. The predicted octanol–water partition coefficient (Wildman–Crippen LogP) is 1.16. The minimum atomic E-state index is 0.192. The average Bonchev–Trinajstić information content (AvgIpc) is 2.25. The highest BCUT2D eigenvalue weighted by molar-refractivity contribution is 5.10. The summed E-state index contributed by atoms with van der Waals surface area (Å²) in [5, 5.41) is 12.6. The topological polar surface area (TPSA) is 41.5 Å². The summed E-state index contributed by atoms with van der Waals surface area (Å²) < 4.78 is 5.84. The highest BCUT2D eigenvalue weighted by atomic mass is 16.5. The molecule has 3 unspecified atom stereocenters. The Balaban J connectivity index is 1.99. The van der Waals surface area contributed by atoms with Gasteiger partial charge in [-0.05, 0) is 19.8 Å². The molecule has 1 aliphatic heterocycles. The maximum Gasteiger partial charge on any atom is 0.0684 e. The molecule has 0 bridgehead atoms. The Bertz CT molecular complexity index is 230. The largest absolute Gasteiger partial charge is 0.395 e.